The summed E-state index contributed by atoms with van der Waals surface area (Å²) in [7, 11) is 0. The van der Waals surface area contributed by atoms with Crippen molar-refractivity contribution in [2.45, 2.75) is 13.8 Å². The number of amides is 1. The number of benzene rings is 1. The average Bonchev–Trinajstić information content (AvgIpc) is 3.10. The summed E-state index contributed by atoms with van der Waals surface area (Å²) in [5, 5.41) is 3.42. The van der Waals surface area contributed by atoms with Crippen molar-refractivity contribution >= 4 is 22.9 Å². The van der Waals surface area contributed by atoms with Crippen molar-refractivity contribution in [3.63, 3.8) is 0 Å². The molecule has 2 heterocycles. The van der Waals surface area contributed by atoms with E-state index < -0.39 is 0 Å². The standard InChI is InChI=1S/C16H13FN2O2S/c1-9-8-11(17)5-6-12(9)18-15(20)14-10(2)22-16(19-14)13-4-3-7-21-13/h3-8H,1-2H3,(H,18,20). The predicted molar refractivity (Wildman–Crippen MR) is 83.6 cm³/mol. The molecule has 22 heavy (non-hydrogen) atoms. The fourth-order valence-corrected chi connectivity index (χ4v) is 2.94. The van der Waals surface area contributed by atoms with Gasteiger partial charge >= 0.3 is 0 Å². The molecule has 4 nitrogen and oxygen atoms in total. The molecule has 0 bridgehead atoms. The zero-order chi connectivity index (χ0) is 15.7. The van der Waals surface area contributed by atoms with Crippen LogP contribution < -0.4 is 5.32 Å². The number of nitrogens with zero attached hydrogens (tertiary/aromatic N) is 1. The van der Waals surface area contributed by atoms with E-state index in [1.807, 2.05) is 6.92 Å². The summed E-state index contributed by atoms with van der Waals surface area (Å²) in [6.07, 6.45) is 1.56. The molecule has 3 aromatic rings. The van der Waals surface area contributed by atoms with E-state index >= 15 is 0 Å². The van der Waals surface area contributed by atoms with E-state index in [1.165, 1.54) is 29.5 Å². The molecule has 0 unspecified atom stereocenters. The van der Waals surface area contributed by atoms with Gasteiger partial charge in [-0.15, -0.1) is 11.3 Å². The minimum atomic E-state index is -0.333. The highest BCUT2D eigenvalue weighted by Gasteiger charge is 2.18. The SMILES string of the molecule is Cc1cc(F)ccc1NC(=O)c1nc(-c2ccco2)sc1C. The van der Waals surface area contributed by atoms with E-state index in [0.29, 0.717) is 27.7 Å². The third-order valence-electron chi connectivity index (χ3n) is 3.18. The van der Waals surface area contributed by atoms with Crippen LogP contribution in [0.3, 0.4) is 0 Å². The topological polar surface area (TPSA) is 55.1 Å². The monoisotopic (exact) mass is 316 g/mol. The Kier molecular flexibility index (Phi) is 3.77. The van der Waals surface area contributed by atoms with Gasteiger partial charge in [0.2, 0.25) is 0 Å². The Labute approximate surface area is 130 Å². The first-order valence-corrected chi connectivity index (χ1v) is 7.45. The third-order valence-corrected chi connectivity index (χ3v) is 4.17. The number of rotatable bonds is 3. The summed E-state index contributed by atoms with van der Waals surface area (Å²) in [4.78, 5) is 17.5. The zero-order valence-corrected chi connectivity index (χ0v) is 12.8. The second kappa shape index (κ2) is 5.73. The second-order valence-corrected chi connectivity index (χ2v) is 6.02. The first-order valence-electron chi connectivity index (χ1n) is 6.63. The molecule has 6 heteroatoms. The van der Waals surface area contributed by atoms with Crippen molar-refractivity contribution < 1.29 is 13.6 Å². The summed E-state index contributed by atoms with van der Waals surface area (Å²) in [5.74, 6) is -0.0215. The fraction of sp³-hybridized carbons (Fsp3) is 0.125. The van der Waals surface area contributed by atoms with Gasteiger partial charge in [-0.3, -0.25) is 4.79 Å². The van der Waals surface area contributed by atoms with Gasteiger partial charge in [0.25, 0.3) is 5.91 Å². The van der Waals surface area contributed by atoms with E-state index in [-0.39, 0.29) is 11.7 Å². The molecule has 0 saturated heterocycles. The Morgan fingerprint density at radius 2 is 2.14 bits per heavy atom. The Balaban J connectivity index is 1.86. The van der Waals surface area contributed by atoms with Crippen LogP contribution in [0.5, 0.6) is 0 Å². The highest BCUT2D eigenvalue weighted by molar-refractivity contribution is 7.15. The quantitative estimate of drug-likeness (QED) is 0.778. The molecule has 1 aromatic carbocycles. The maximum absolute atomic E-state index is 13.1. The van der Waals surface area contributed by atoms with E-state index in [9.17, 15) is 9.18 Å². The van der Waals surface area contributed by atoms with Crippen LogP contribution in [0.15, 0.2) is 41.0 Å². The van der Waals surface area contributed by atoms with Gasteiger partial charge in [0.1, 0.15) is 11.5 Å². The van der Waals surface area contributed by atoms with Crippen LogP contribution in [0, 0.1) is 19.7 Å². The lowest BCUT2D eigenvalue weighted by atomic mass is 10.2. The molecular formula is C16H13FN2O2S. The van der Waals surface area contributed by atoms with Gasteiger partial charge in [0.05, 0.1) is 6.26 Å². The van der Waals surface area contributed by atoms with Crippen LogP contribution in [-0.4, -0.2) is 10.9 Å². The number of hydrogen-bond donors (Lipinski definition) is 1. The lowest BCUT2D eigenvalue weighted by Crippen LogP contribution is -2.14. The number of aromatic nitrogens is 1. The smallest absolute Gasteiger partial charge is 0.275 e. The van der Waals surface area contributed by atoms with Gasteiger partial charge in [0, 0.05) is 10.6 Å². The highest BCUT2D eigenvalue weighted by atomic mass is 32.1. The first kappa shape index (κ1) is 14.5. The van der Waals surface area contributed by atoms with E-state index in [1.54, 1.807) is 25.3 Å². The number of hydrogen-bond acceptors (Lipinski definition) is 4. The van der Waals surface area contributed by atoms with Crippen molar-refractivity contribution in [3.8, 4) is 10.8 Å². The predicted octanol–water partition coefficient (Wildman–Crippen LogP) is 4.41. The van der Waals surface area contributed by atoms with Crippen LogP contribution in [0.4, 0.5) is 10.1 Å². The number of thiazole rings is 1. The molecule has 0 aliphatic rings. The van der Waals surface area contributed by atoms with Crippen molar-refractivity contribution in [1.82, 2.24) is 4.98 Å². The average molecular weight is 316 g/mol. The molecule has 1 amide bonds. The van der Waals surface area contributed by atoms with Crippen molar-refractivity contribution in [1.29, 1.82) is 0 Å². The third kappa shape index (κ3) is 2.78. The van der Waals surface area contributed by atoms with Crippen molar-refractivity contribution in [2.75, 3.05) is 5.32 Å². The number of carbonyl (C=O) groups excluding carboxylic acids is 1. The van der Waals surface area contributed by atoms with Crippen LogP contribution in [0.1, 0.15) is 20.9 Å². The van der Waals surface area contributed by atoms with Gasteiger partial charge in [-0.05, 0) is 49.7 Å². The second-order valence-electron chi connectivity index (χ2n) is 4.81. The van der Waals surface area contributed by atoms with Gasteiger partial charge in [-0.25, -0.2) is 9.37 Å². The summed E-state index contributed by atoms with van der Waals surface area (Å²) in [6.45, 7) is 3.57. The minimum Gasteiger partial charge on any atom is -0.462 e. The van der Waals surface area contributed by atoms with Crippen LogP contribution in [-0.2, 0) is 0 Å². The van der Waals surface area contributed by atoms with E-state index in [0.717, 1.165) is 4.88 Å². The Morgan fingerprint density at radius 1 is 1.32 bits per heavy atom. The van der Waals surface area contributed by atoms with Gasteiger partial charge in [0.15, 0.2) is 10.8 Å². The molecular weight excluding hydrogens is 303 g/mol. The lowest BCUT2D eigenvalue weighted by Gasteiger charge is -2.07. The highest BCUT2D eigenvalue weighted by Crippen LogP contribution is 2.28. The Hall–Kier alpha value is -2.47. The fourth-order valence-electron chi connectivity index (χ4n) is 2.06. The maximum atomic E-state index is 13.1. The van der Waals surface area contributed by atoms with Gasteiger partial charge in [-0.1, -0.05) is 0 Å². The number of anilines is 1. The summed E-state index contributed by atoms with van der Waals surface area (Å²) in [5.41, 5.74) is 1.57. The van der Waals surface area contributed by atoms with E-state index in [2.05, 4.69) is 10.3 Å². The molecule has 0 saturated carbocycles. The number of furan rings is 1. The molecule has 0 spiro atoms. The lowest BCUT2D eigenvalue weighted by molar-refractivity contribution is 0.102. The van der Waals surface area contributed by atoms with E-state index in [4.69, 9.17) is 4.42 Å². The molecule has 0 radical (unpaired) electrons. The summed E-state index contributed by atoms with van der Waals surface area (Å²) >= 11 is 1.39. The number of nitrogens with one attached hydrogen (secondary N) is 1. The molecule has 0 aliphatic heterocycles. The summed E-state index contributed by atoms with van der Waals surface area (Å²) < 4.78 is 18.4. The molecule has 2 aromatic heterocycles. The molecule has 1 N–H and O–H groups in total. The van der Waals surface area contributed by atoms with Gasteiger partial charge < -0.3 is 9.73 Å². The molecule has 3 rings (SSSR count). The van der Waals surface area contributed by atoms with Gasteiger partial charge in [-0.2, -0.15) is 0 Å². The molecule has 0 aliphatic carbocycles. The van der Waals surface area contributed by atoms with Crippen molar-refractivity contribution in [3.05, 3.63) is 58.5 Å². The maximum Gasteiger partial charge on any atom is 0.275 e. The van der Waals surface area contributed by atoms with Crippen LogP contribution >= 0.6 is 11.3 Å². The number of aryl methyl sites for hydroxylation is 2. The zero-order valence-electron chi connectivity index (χ0n) is 12.0. The largest absolute Gasteiger partial charge is 0.462 e. The van der Waals surface area contributed by atoms with Crippen LogP contribution in [0.25, 0.3) is 10.8 Å². The molecule has 112 valence electrons. The molecule has 0 fully saturated rings. The number of carbonyl (C=O) groups is 1. The number of halogens is 1. The Morgan fingerprint density at radius 3 is 2.82 bits per heavy atom. The minimum absolute atomic E-state index is 0.318. The first-order chi connectivity index (χ1) is 10.5. The van der Waals surface area contributed by atoms with Crippen molar-refractivity contribution in [2.24, 2.45) is 0 Å². The summed E-state index contributed by atoms with van der Waals surface area (Å²) in [6, 6.07) is 7.79. The Bertz CT molecular complexity index is 825. The van der Waals surface area contributed by atoms with Crippen LogP contribution in [0.2, 0.25) is 0 Å². The molecule has 0 atom stereocenters. The normalized spacial score (nSPS) is 10.7.